The third-order valence-electron chi connectivity index (χ3n) is 7.66. The van der Waals surface area contributed by atoms with Gasteiger partial charge in [-0.15, -0.1) is 0 Å². The molecule has 27 heavy (non-hydrogen) atoms. The number of phenols is 1. The van der Waals surface area contributed by atoms with Gasteiger partial charge in [0.2, 0.25) is 0 Å². The first-order valence-electron chi connectivity index (χ1n) is 10.4. The first-order chi connectivity index (χ1) is 13.2. The Kier molecular flexibility index (Phi) is 3.27. The molecule has 1 heterocycles. The molecule has 1 aromatic heterocycles. The minimum Gasteiger partial charge on any atom is -0.507 e. The summed E-state index contributed by atoms with van der Waals surface area (Å²) in [7, 11) is 2.07. The zero-order valence-electron chi connectivity index (χ0n) is 15.8. The van der Waals surface area contributed by atoms with E-state index in [1.165, 1.54) is 43.2 Å². The Morgan fingerprint density at radius 1 is 0.926 bits per heavy atom. The van der Waals surface area contributed by atoms with Crippen molar-refractivity contribution in [3.05, 3.63) is 48.0 Å². The molecule has 138 valence electrons. The van der Waals surface area contributed by atoms with Crippen molar-refractivity contribution in [1.82, 2.24) is 9.55 Å². The second kappa shape index (κ2) is 5.60. The van der Waals surface area contributed by atoms with Crippen molar-refractivity contribution >= 4 is 11.0 Å². The van der Waals surface area contributed by atoms with Crippen LogP contribution in [0.25, 0.3) is 22.4 Å². The highest BCUT2D eigenvalue weighted by Gasteiger charge is 2.48. The normalized spacial score (nSPS) is 31.7. The number of imidazole rings is 1. The molecule has 0 atom stereocenters. The molecule has 1 N–H and O–H groups in total. The van der Waals surface area contributed by atoms with Crippen molar-refractivity contribution in [2.45, 2.75) is 38.0 Å². The summed E-state index contributed by atoms with van der Waals surface area (Å²) in [5.41, 5.74) is 4.51. The smallest absolute Gasteiger partial charge is 0.144 e. The van der Waals surface area contributed by atoms with Crippen molar-refractivity contribution in [3.63, 3.8) is 0 Å². The first kappa shape index (κ1) is 15.7. The van der Waals surface area contributed by atoms with E-state index < -0.39 is 0 Å². The van der Waals surface area contributed by atoms with Crippen LogP contribution in [-0.2, 0) is 7.05 Å². The lowest BCUT2D eigenvalue weighted by Crippen LogP contribution is -2.43. The highest BCUT2D eigenvalue weighted by molar-refractivity contribution is 5.82. The molecular formula is C24H26N2O. The van der Waals surface area contributed by atoms with E-state index in [1.807, 2.05) is 18.2 Å². The third kappa shape index (κ3) is 2.30. The quantitative estimate of drug-likeness (QED) is 0.658. The number of rotatable bonds is 2. The molecule has 0 unspecified atom stereocenters. The van der Waals surface area contributed by atoms with Crippen LogP contribution in [0.2, 0.25) is 0 Å². The molecule has 3 nitrogen and oxygen atoms in total. The highest BCUT2D eigenvalue weighted by atomic mass is 16.3. The number of aromatic nitrogens is 2. The predicted molar refractivity (Wildman–Crippen MR) is 108 cm³/mol. The molecule has 3 aromatic rings. The van der Waals surface area contributed by atoms with Gasteiger partial charge in [-0.25, -0.2) is 4.98 Å². The van der Waals surface area contributed by atoms with Crippen molar-refractivity contribution in [1.29, 1.82) is 0 Å². The van der Waals surface area contributed by atoms with Crippen LogP contribution in [0.3, 0.4) is 0 Å². The summed E-state index contributed by atoms with van der Waals surface area (Å²) in [6, 6.07) is 14.4. The Labute approximate surface area is 160 Å². The zero-order chi connectivity index (χ0) is 18.1. The van der Waals surface area contributed by atoms with Crippen LogP contribution >= 0.6 is 0 Å². The lowest BCUT2D eigenvalue weighted by atomic mass is 9.51. The number of aromatic hydroxyl groups is 1. The molecule has 4 aliphatic rings. The topological polar surface area (TPSA) is 38.0 Å². The Bertz CT molecular complexity index is 1010. The van der Waals surface area contributed by atoms with Crippen LogP contribution in [0, 0.1) is 23.7 Å². The molecule has 4 saturated carbocycles. The molecule has 2 aromatic carbocycles. The van der Waals surface area contributed by atoms with Crippen LogP contribution in [-0.4, -0.2) is 14.7 Å². The fourth-order valence-electron chi connectivity index (χ4n) is 6.79. The highest BCUT2D eigenvalue weighted by Crippen LogP contribution is 2.59. The maximum atomic E-state index is 10.3. The SMILES string of the molecule is Cn1c(-c2ccccc2O)nc2ccc(C3C4CC5CC(C4)CC3C5)cc21. The monoisotopic (exact) mass is 358 g/mol. The molecule has 7 rings (SSSR count). The van der Waals surface area contributed by atoms with E-state index in [2.05, 4.69) is 29.8 Å². The molecule has 4 fully saturated rings. The number of aryl methyl sites for hydroxylation is 1. The predicted octanol–water partition coefficient (Wildman–Crippen LogP) is 5.49. The Balaban J connectivity index is 1.44. The zero-order valence-corrected chi connectivity index (χ0v) is 15.8. The fraction of sp³-hybridized carbons (Fsp3) is 0.458. The average molecular weight is 358 g/mol. The lowest BCUT2D eigenvalue weighted by Gasteiger charge is -2.54. The number of hydrogen-bond acceptors (Lipinski definition) is 2. The average Bonchev–Trinajstić information content (AvgIpc) is 2.98. The van der Waals surface area contributed by atoms with Crippen LogP contribution in [0.4, 0.5) is 0 Å². The van der Waals surface area contributed by atoms with Gasteiger partial charge in [0.25, 0.3) is 0 Å². The second-order valence-corrected chi connectivity index (χ2v) is 9.22. The molecule has 0 radical (unpaired) electrons. The number of benzene rings is 2. The molecule has 4 bridgehead atoms. The second-order valence-electron chi connectivity index (χ2n) is 9.22. The van der Waals surface area contributed by atoms with Gasteiger partial charge in [-0.05, 0) is 91.5 Å². The molecule has 0 amide bonds. The number of para-hydroxylation sites is 1. The molecule has 4 aliphatic carbocycles. The van der Waals surface area contributed by atoms with Gasteiger partial charge in [-0.3, -0.25) is 0 Å². The van der Waals surface area contributed by atoms with Gasteiger partial charge in [0, 0.05) is 7.05 Å². The molecular weight excluding hydrogens is 332 g/mol. The van der Waals surface area contributed by atoms with Gasteiger partial charge < -0.3 is 9.67 Å². The van der Waals surface area contributed by atoms with Crippen LogP contribution in [0.15, 0.2) is 42.5 Å². The summed E-state index contributed by atoms with van der Waals surface area (Å²) < 4.78 is 2.14. The minimum absolute atomic E-state index is 0.289. The van der Waals surface area contributed by atoms with Crippen LogP contribution in [0.5, 0.6) is 5.75 Å². The number of phenolic OH excluding ortho intramolecular Hbond substituents is 1. The van der Waals surface area contributed by atoms with Gasteiger partial charge in [0.05, 0.1) is 16.6 Å². The maximum Gasteiger partial charge on any atom is 0.144 e. The van der Waals surface area contributed by atoms with Gasteiger partial charge in [0.15, 0.2) is 0 Å². The fourth-order valence-corrected chi connectivity index (χ4v) is 6.79. The van der Waals surface area contributed by atoms with Gasteiger partial charge >= 0.3 is 0 Å². The number of nitrogens with zero attached hydrogens (tertiary/aromatic N) is 2. The maximum absolute atomic E-state index is 10.3. The Morgan fingerprint density at radius 2 is 1.63 bits per heavy atom. The van der Waals surface area contributed by atoms with Crippen molar-refractivity contribution < 1.29 is 5.11 Å². The van der Waals surface area contributed by atoms with Crippen molar-refractivity contribution in [2.24, 2.45) is 30.7 Å². The van der Waals surface area contributed by atoms with Crippen LogP contribution in [0.1, 0.15) is 43.6 Å². The first-order valence-corrected chi connectivity index (χ1v) is 10.4. The van der Waals surface area contributed by atoms with Crippen molar-refractivity contribution in [3.8, 4) is 17.1 Å². The molecule has 3 heteroatoms. The Hall–Kier alpha value is -2.29. The van der Waals surface area contributed by atoms with E-state index in [9.17, 15) is 5.11 Å². The van der Waals surface area contributed by atoms with Gasteiger partial charge in [-0.2, -0.15) is 0 Å². The largest absolute Gasteiger partial charge is 0.507 e. The standard InChI is InChI=1S/C24H26N2O/c1-26-21-13-16(23-17-9-14-8-15(11-17)12-18(23)10-14)6-7-20(21)25-24(26)19-4-2-3-5-22(19)27/h2-7,13-15,17-18,23,27H,8-12H2,1H3. The molecule has 0 spiro atoms. The van der Waals surface area contributed by atoms with E-state index in [0.29, 0.717) is 0 Å². The molecule has 0 aliphatic heterocycles. The van der Waals surface area contributed by atoms with E-state index >= 15 is 0 Å². The van der Waals surface area contributed by atoms with Crippen LogP contribution < -0.4 is 0 Å². The van der Waals surface area contributed by atoms with E-state index in [1.54, 1.807) is 6.07 Å². The molecule has 0 saturated heterocycles. The van der Waals surface area contributed by atoms with Gasteiger partial charge in [-0.1, -0.05) is 18.2 Å². The minimum atomic E-state index is 0.289. The Morgan fingerprint density at radius 3 is 2.33 bits per heavy atom. The van der Waals surface area contributed by atoms with Crippen molar-refractivity contribution in [2.75, 3.05) is 0 Å². The number of fused-ring (bicyclic) bond motifs is 1. The van der Waals surface area contributed by atoms with E-state index in [4.69, 9.17) is 4.98 Å². The summed E-state index contributed by atoms with van der Waals surface area (Å²) in [6.45, 7) is 0. The lowest BCUT2D eigenvalue weighted by molar-refractivity contribution is -0.00274. The van der Waals surface area contributed by atoms with Gasteiger partial charge in [0.1, 0.15) is 11.6 Å². The third-order valence-corrected chi connectivity index (χ3v) is 7.66. The summed E-state index contributed by atoms with van der Waals surface area (Å²) in [5, 5.41) is 10.3. The summed E-state index contributed by atoms with van der Waals surface area (Å²) in [4.78, 5) is 4.82. The number of hydrogen-bond donors (Lipinski definition) is 1. The summed E-state index contributed by atoms with van der Waals surface area (Å²) in [5.74, 6) is 5.68. The summed E-state index contributed by atoms with van der Waals surface area (Å²) >= 11 is 0. The van der Waals surface area contributed by atoms with E-state index in [0.717, 1.165) is 46.5 Å². The summed E-state index contributed by atoms with van der Waals surface area (Å²) in [6.07, 6.45) is 7.30. The van der Waals surface area contributed by atoms with E-state index in [-0.39, 0.29) is 5.75 Å².